The maximum Gasteiger partial charge on any atom is 0.332 e. The van der Waals surface area contributed by atoms with E-state index in [1.807, 2.05) is 29.8 Å². The van der Waals surface area contributed by atoms with Crippen LogP contribution in [0, 0.1) is 6.42 Å². The van der Waals surface area contributed by atoms with E-state index in [1.165, 1.54) is 11.3 Å². The highest BCUT2D eigenvalue weighted by Crippen LogP contribution is 2.39. The van der Waals surface area contributed by atoms with Crippen LogP contribution in [0.15, 0.2) is 36.7 Å². The lowest BCUT2D eigenvalue weighted by atomic mass is 9.95. The number of carbonyl (C=O) groups excluding carboxylic acids is 3. The lowest BCUT2D eigenvalue weighted by Gasteiger charge is -2.23. The Balaban J connectivity index is 1.65. The van der Waals surface area contributed by atoms with Crippen LogP contribution in [0.5, 0.6) is 0 Å². The molecule has 2 aromatic rings. The number of carbonyl (C=O) groups is 3. The zero-order chi connectivity index (χ0) is 20.1. The van der Waals surface area contributed by atoms with Crippen LogP contribution in [0.1, 0.15) is 12.2 Å². The Bertz CT molecular complexity index is 951. The Morgan fingerprint density at radius 1 is 1.21 bits per heavy atom. The van der Waals surface area contributed by atoms with Crippen molar-refractivity contribution in [2.75, 3.05) is 25.5 Å². The second-order valence-electron chi connectivity index (χ2n) is 7.17. The van der Waals surface area contributed by atoms with E-state index < -0.39 is 23.4 Å². The summed E-state index contributed by atoms with van der Waals surface area (Å²) in [6, 6.07) is 6.45. The van der Waals surface area contributed by atoms with Crippen molar-refractivity contribution in [2.45, 2.75) is 18.5 Å². The molecule has 9 heteroatoms. The predicted octanol–water partition coefficient (Wildman–Crippen LogP) is 0.535. The molecule has 0 spiro atoms. The van der Waals surface area contributed by atoms with Gasteiger partial charge in [-0.05, 0) is 44.8 Å². The molecule has 1 aromatic carbocycles. The van der Waals surface area contributed by atoms with Crippen molar-refractivity contribution < 1.29 is 14.4 Å². The van der Waals surface area contributed by atoms with Crippen LogP contribution in [0.3, 0.4) is 0 Å². The molecule has 0 unspecified atom stereocenters. The van der Waals surface area contributed by atoms with Gasteiger partial charge in [-0.25, -0.2) is 14.7 Å². The van der Waals surface area contributed by atoms with Crippen LogP contribution in [-0.4, -0.2) is 63.4 Å². The topological polar surface area (TPSA) is 105 Å². The molecule has 2 fully saturated rings. The van der Waals surface area contributed by atoms with Crippen molar-refractivity contribution in [1.82, 2.24) is 19.4 Å². The Hall–Kier alpha value is -3.20. The zero-order valence-electron chi connectivity index (χ0n) is 15.7. The number of imidazole rings is 1. The van der Waals surface area contributed by atoms with Crippen molar-refractivity contribution in [2.24, 2.45) is 5.73 Å². The number of aromatic nitrogens is 2. The largest absolute Gasteiger partial charge is 0.367 e. The molecule has 28 heavy (non-hydrogen) atoms. The molecular formula is C19H21N6O3. The number of nitrogens with zero attached hydrogens (tertiary/aromatic N) is 5. The van der Waals surface area contributed by atoms with Crippen LogP contribution in [0.4, 0.5) is 10.5 Å². The quantitative estimate of drug-likeness (QED) is 0.601. The number of anilines is 1. The Kier molecular flexibility index (Phi) is 4.19. The van der Waals surface area contributed by atoms with Gasteiger partial charge in [0.2, 0.25) is 5.54 Å². The highest BCUT2D eigenvalue weighted by molar-refractivity contribution is 6.32. The minimum absolute atomic E-state index is 0.297. The van der Waals surface area contributed by atoms with Crippen LogP contribution >= 0.6 is 0 Å². The number of imide groups is 1. The van der Waals surface area contributed by atoms with Gasteiger partial charge in [0.15, 0.2) is 0 Å². The number of hydrogen-bond acceptors (Lipinski definition) is 5. The summed E-state index contributed by atoms with van der Waals surface area (Å²) in [7, 11) is 3.93. The molecule has 9 nitrogen and oxygen atoms in total. The van der Waals surface area contributed by atoms with Crippen LogP contribution in [0.2, 0.25) is 0 Å². The third-order valence-electron chi connectivity index (χ3n) is 5.11. The fraction of sp³-hybridized carbons (Fsp3) is 0.316. The number of amides is 4. The van der Waals surface area contributed by atoms with Crippen LogP contribution < -0.4 is 10.6 Å². The Morgan fingerprint density at radius 2 is 1.89 bits per heavy atom. The molecule has 2 aliphatic rings. The molecular weight excluding hydrogens is 360 g/mol. The van der Waals surface area contributed by atoms with E-state index in [2.05, 4.69) is 4.98 Å². The van der Waals surface area contributed by atoms with Gasteiger partial charge in [0, 0.05) is 31.0 Å². The molecule has 2 aliphatic heterocycles. The van der Waals surface area contributed by atoms with Crippen molar-refractivity contribution in [3.63, 3.8) is 0 Å². The SMILES string of the molecule is CN(C)Cc1nccn1-c1ccc(N2C(=O)N3CC[CH][C@]3(C(N)=O)C2=O)cc1. The lowest BCUT2D eigenvalue weighted by Crippen LogP contribution is -2.55. The highest BCUT2D eigenvalue weighted by atomic mass is 16.2. The molecule has 0 bridgehead atoms. The summed E-state index contributed by atoms with van der Waals surface area (Å²) in [5, 5.41) is 0. The van der Waals surface area contributed by atoms with Gasteiger partial charge in [0.25, 0.3) is 11.8 Å². The number of benzene rings is 1. The van der Waals surface area contributed by atoms with Gasteiger partial charge in [0.05, 0.1) is 12.2 Å². The molecule has 1 aromatic heterocycles. The van der Waals surface area contributed by atoms with Gasteiger partial charge in [-0.3, -0.25) is 9.59 Å². The number of primary amides is 1. The number of nitrogens with two attached hydrogens (primary N) is 1. The third-order valence-corrected chi connectivity index (χ3v) is 5.11. The minimum atomic E-state index is -1.67. The highest BCUT2D eigenvalue weighted by Gasteiger charge is 2.64. The van der Waals surface area contributed by atoms with Gasteiger partial charge >= 0.3 is 6.03 Å². The summed E-state index contributed by atoms with van der Waals surface area (Å²) in [6.45, 7) is 0.967. The first-order valence-electron chi connectivity index (χ1n) is 8.94. The van der Waals surface area contributed by atoms with E-state index in [9.17, 15) is 14.4 Å². The number of urea groups is 1. The monoisotopic (exact) mass is 381 g/mol. The fourth-order valence-electron chi connectivity index (χ4n) is 3.81. The smallest absolute Gasteiger partial charge is 0.332 e. The van der Waals surface area contributed by atoms with Gasteiger partial charge in [-0.15, -0.1) is 0 Å². The van der Waals surface area contributed by atoms with Gasteiger partial charge in [0.1, 0.15) is 5.82 Å². The van der Waals surface area contributed by atoms with Crippen LogP contribution in [0.25, 0.3) is 5.69 Å². The second-order valence-corrected chi connectivity index (χ2v) is 7.17. The predicted molar refractivity (Wildman–Crippen MR) is 101 cm³/mol. The summed E-state index contributed by atoms with van der Waals surface area (Å²) in [5.74, 6) is -0.575. The molecule has 0 aliphatic carbocycles. The van der Waals surface area contributed by atoms with Crippen molar-refractivity contribution in [3.05, 3.63) is 48.9 Å². The van der Waals surface area contributed by atoms with Crippen molar-refractivity contribution >= 4 is 23.5 Å². The molecule has 1 radical (unpaired) electrons. The lowest BCUT2D eigenvalue weighted by molar-refractivity contribution is -0.134. The van der Waals surface area contributed by atoms with E-state index in [0.29, 0.717) is 25.2 Å². The molecule has 4 amide bonds. The number of hydrogen-bond donors (Lipinski definition) is 1. The van der Waals surface area contributed by atoms with Crippen LogP contribution in [-0.2, 0) is 16.1 Å². The minimum Gasteiger partial charge on any atom is -0.367 e. The zero-order valence-corrected chi connectivity index (χ0v) is 15.7. The molecule has 145 valence electrons. The molecule has 2 saturated heterocycles. The van der Waals surface area contributed by atoms with Gasteiger partial charge < -0.3 is 20.1 Å². The Labute approximate surface area is 162 Å². The van der Waals surface area contributed by atoms with E-state index in [1.54, 1.807) is 30.5 Å². The number of rotatable bonds is 5. The van der Waals surface area contributed by atoms with E-state index >= 15 is 0 Å². The van der Waals surface area contributed by atoms with E-state index in [4.69, 9.17) is 5.73 Å². The van der Waals surface area contributed by atoms with Crippen molar-refractivity contribution in [1.29, 1.82) is 0 Å². The standard InChI is InChI=1S/C19H21N6O3/c1-22(2)12-15-21-9-11-23(15)13-4-6-14(7-5-13)25-17(27)19(16(20)26)8-3-10-24(19)18(25)28/h4-9,11H,3,10,12H2,1-2H3,(H2,20,26)/t19-/m0/s1. The second kappa shape index (κ2) is 6.45. The summed E-state index contributed by atoms with van der Waals surface area (Å²) in [4.78, 5) is 46.4. The normalized spacial score (nSPS) is 21.7. The van der Waals surface area contributed by atoms with E-state index in [-0.39, 0.29) is 0 Å². The third kappa shape index (κ3) is 2.50. The molecule has 1 atom stereocenters. The first-order chi connectivity index (χ1) is 13.4. The average molecular weight is 381 g/mol. The average Bonchev–Trinajstić information content (AvgIpc) is 3.33. The molecule has 0 saturated carbocycles. The molecule has 3 heterocycles. The maximum atomic E-state index is 13.0. The fourth-order valence-corrected chi connectivity index (χ4v) is 3.81. The molecule has 2 N–H and O–H groups in total. The van der Waals surface area contributed by atoms with Gasteiger partial charge in [-0.2, -0.15) is 0 Å². The van der Waals surface area contributed by atoms with Crippen molar-refractivity contribution in [3.8, 4) is 5.69 Å². The number of fused-ring (bicyclic) bond motifs is 1. The summed E-state index contributed by atoms with van der Waals surface area (Å²) < 4.78 is 1.94. The van der Waals surface area contributed by atoms with Gasteiger partial charge in [-0.1, -0.05) is 0 Å². The first kappa shape index (κ1) is 18.2. The summed E-state index contributed by atoms with van der Waals surface area (Å²) in [6.07, 6.45) is 5.57. The first-order valence-corrected chi connectivity index (χ1v) is 8.94. The summed E-state index contributed by atoms with van der Waals surface area (Å²) >= 11 is 0. The summed E-state index contributed by atoms with van der Waals surface area (Å²) in [5.41, 5.74) is 5.07. The molecule has 4 rings (SSSR count). The Morgan fingerprint density at radius 3 is 2.50 bits per heavy atom. The maximum absolute atomic E-state index is 13.0. The van der Waals surface area contributed by atoms with E-state index in [0.717, 1.165) is 16.4 Å².